The van der Waals surface area contributed by atoms with Crippen molar-refractivity contribution in [2.45, 2.75) is 33.3 Å². The highest BCUT2D eigenvalue weighted by atomic mass is 16.6. The van der Waals surface area contributed by atoms with E-state index < -0.39 is 5.60 Å². The average molecular weight is 418 g/mol. The van der Waals surface area contributed by atoms with Crippen LogP contribution in [0, 0.1) is 0 Å². The molecule has 0 fully saturated rings. The van der Waals surface area contributed by atoms with Crippen LogP contribution in [0.15, 0.2) is 48.5 Å². The second-order valence-electron chi connectivity index (χ2n) is 7.11. The SMILES string of the molecule is CC(C)(C)OC(=O)COc1ccc(N)cc1.CCOC(=O)COc1ccc(N)cc1. The van der Waals surface area contributed by atoms with Gasteiger partial charge < -0.3 is 30.4 Å². The lowest BCUT2D eigenvalue weighted by atomic mass is 10.2. The summed E-state index contributed by atoms with van der Waals surface area (Å²) < 4.78 is 20.2. The fraction of sp³-hybridized carbons (Fsp3) is 0.364. The van der Waals surface area contributed by atoms with Gasteiger partial charge in [-0.2, -0.15) is 0 Å². The first-order valence-corrected chi connectivity index (χ1v) is 9.43. The van der Waals surface area contributed by atoms with Crippen molar-refractivity contribution in [3.63, 3.8) is 0 Å². The number of carbonyl (C=O) groups is 2. The fourth-order valence-corrected chi connectivity index (χ4v) is 1.99. The van der Waals surface area contributed by atoms with Gasteiger partial charge in [-0.1, -0.05) is 0 Å². The van der Waals surface area contributed by atoms with Crippen LogP contribution in [0.3, 0.4) is 0 Å². The lowest BCUT2D eigenvalue weighted by Crippen LogP contribution is -2.27. The van der Waals surface area contributed by atoms with E-state index in [0.29, 0.717) is 29.5 Å². The molecule has 0 atom stereocenters. The van der Waals surface area contributed by atoms with Gasteiger partial charge in [-0.05, 0) is 76.2 Å². The minimum Gasteiger partial charge on any atom is -0.482 e. The molecule has 2 aromatic rings. The zero-order valence-corrected chi connectivity index (χ0v) is 17.8. The summed E-state index contributed by atoms with van der Waals surface area (Å²) in [4.78, 5) is 22.2. The second-order valence-corrected chi connectivity index (χ2v) is 7.11. The van der Waals surface area contributed by atoms with E-state index in [4.69, 9.17) is 30.4 Å². The normalized spacial score (nSPS) is 10.3. The molecule has 4 N–H and O–H groups in total. The largest absolute Gasteiger partial charge is 0.482 e. The summed E-state index contributed by atoms with van der Waals surface area (Å²) in [6.07, 6.45) is 0. The maximum Gasteiger partial charge on any atom is 0.344 e. The van der Waals surface area contributed by atoms with Crippen molar-refractivity contribution in [3.8, 4) is 11.5 Å². The lowest BCUT2D eigenvalue weighted by Gasteiger charge is -2.19. The monoisotopic (exact) mass is 418 g/mol. The molecular formula is C22H30N2O6. The third-order valence-corrected chi connectivity index (χ3v) is 3.20. The first-order valence-electron chi connectivity index (χ1n) is 9.43. The van der Waals surface area contributed by atoms with Crippen LogP contribution in [-0.2, 0) is 19.1 Å². The van der Waals surface area contributed by atoms with Gasteiger partial charge in [0.15, 0.2) is 13.2 Å². The Labute approximate surface area is 177 Å². The number of ether oxygens (including phenoxy) is 4. The Morgan fingerprint density at radius 1 is 0.767 bits per heavy atom. The Morgan fingerprint density at radius 2 is 1.17 bits per heavy atom. The van der Waals surface area contributed by atoms with E-state index in [0.717, 1.165) is 0 Å². The molecule has 0 saturated carbocycles. The van der Waals surface area contributed by atoms with E-state index in [1.165, 1.54) is 0 Å². The van der Waals surface area contributed by atoms with Crippen molar-refractivity contribution in [1.29, 1.82) is 0 Å². The number of esters is 2. The molecule has 164 valence electrons. The molecule has 0 saturated heterocycles. The van der Waals surface area contributed by atoms with Crippen LogP contribution in [0.25, 0.3) is 0 Å². The number of carbonyl (C=O) groups excluding carboxylic acids is 2. The zero-order chi connectivity index (χ0) is 22.6. The van der Waals surface area contributed by atoms with E-state index in [-0.39, 0.29) is 25.2 Å². The number of benzene rings is 2. The van der Waals surface area contributed by atoms with E-state index in [1.807, 2.05) is 20.8 Å². The summed E-state index contributed by atoms with van der Waals surface area (Å²) in [5, 5.41) is 0. The minimum atomic E-state index is -0.485. The molecule has 0 amide bonds. The Bertz CT molecular complexity index is 783. The topological polar surface area (TPSA) is 123 Å². The lowest BCUT2D eigenvalue weighted by molar-refractivity contribution is -0.157. The predicted octanol–water partition coefficient (Wildman–Crippen LogP) is 3.20. The number of anilines is 2. The summed E-state index contributed by atoms with van der Waals surface area (Å²) in [6, 6.07) is 13.7. The molecule has 0 heterocycles. The van der Waals surface area contributed by atoms with E-state index in [9.17, 15) is 9.59 Å². The Morgan fingerprint density at radius 3 is 1.53 bits per heavy atom. The molecule has 0 spiro atoms. The van der Waals surface area contributed by atoms with Crippen LogP contribution in [-0.4, -0.2) is 37.4 Å². The highest BCUT2D eigenvalue weighted by Crippen LogP contribution is 2.14. The summed E-state index contributed by atoms with van der Waals surface area (Å²) in [5.74, 6) is 0.445. The van der Waals surface area contributed by atoms with Gasteiger partial charge in [0.1, 0.15) is 17.1 Å². The number of nitrogens with two attached hydrogens (primary N) is 2. The number of hydrogen-bond acceptors (Lipinski definition) is 8. The smallest absolute Gasteiger partial charge is 0.344 e. The van der Waals surface area contributed by atoms with Crippen LogP contribution in [0.5, 0.6) is 11.5 Å². The van der Waals surface area contributed by atoms with Crippen LogP contribution in [0.2, 0.25) is 0 Å². The van der Waals surface area contributed by atoms with Gasteiger partial charge >= 0.3 is 11.9 Å². The van der Waals surface area contributed by atoms with Gasteiger partial charge in [0.25, 0.3) is 0 Å². The number of hydrogen-bond donors (Lipinski definition) is 2. The van der Waals surface area contributed by atoms with E-state index in [1.54, 1.807) is 55.5 Å². The molecule has 8 heteroatoms. The maximum atomic E-state index is 11.3. The molecular weight excluding hydrogens is 388 g/mol. The van der Waals surface area contributed by atoms with Gasteiger partial charge in [-0.3, -0.25) is 0 Å². The zero-order valence-electron chi connectivity index (χ0n) is 17.8. The van der Waals surface area contributed by atoms with Crippen LogP contribution in [0.4, 0.5) is 11.4 Å². The summed E-state index contributed by atoms with van der Waals surface area (Å²) >= 11 is 0. The molecule has 0 bridgehead atoms. The quantitative estimate of drug-likeness (QED) is 0.519. The second kappa shape index (κ2) is 12.2. The van der Waals surface area contributed by atoms with Crippen molar-refractivity contribution in [2.24, 2.45) is 0 Å². The standard InChI is InChI=1S/C12H17NO3.C10H13NO3/c1-12(2,3)16-11(14)8-15-10-6-4-9(13)5-7-10;1-2-13-10(12)7-14-9-5-3-8(11)4-6-9/h4-7H,8,13H2,1-3H3;3-6H,2,7,11H2,1H3. The summed E-state index contributed by atoms with van der Waals surface area (Å²) in [7, 11) is 0. The molecule has 0 aromatic heterocycles. The summed E-state index contributed by atoms with van der Waals surface area (Å²) in [5.41, 5.74) is 11.8. The number of rotatable bonds is 7. The van der Waals surface area contributed by atoms with Crippen LogP contribution < -0.4 is 20.9 Å². The number of nitrogen functional groups attached to an aromatic ring is 2. The van der Waals surface area contributed by atoms with Crippen molar-refractivity contribution < 1.29 is 28.5 Å². The third-order valence-electron chi connectivity index (χ3n) is 3.20. The van der Waals surface area contributed by atoms with E-state index in [2.05, 4.69) is 0 Å². The van der Waals surface area contributed by atoms with Gasteiger partial charge in [0.05, 0.1) is 6.61 Å². The minimum absolute atomic E-state index is 0.0717. The highest BCUT2D eigenvalue weighted by molar-refractivity contribution is 5.71. The van der Waals surface area contributed by atoms with Crippen molar-refractivity contribution in [2.75, 3.05) is 31.3 Å². The molecule has 2 aromatic carbocycles. The van der Waals surface area contributed by atoms with Gasteiger partial charge in [0, 0.05) is 11.4 Å². The highest BCUT2D eigenvalue weighted by Gasteiger charge is 2.16. The molecule has 0 aliphatic carbocycles. The molecule has 0 unspecified atom stereocenters. The first kappa shape index (κ1) is 24.6. The van der Waals surface area contributed by atoms with Crippen LogP contribution in [0.1, 0.15) is 27.7 Å². The van der Waals surface area contributed by atoms with Crippen molar-refractivity contribution >= 4 is 23.3 Å². The Hall–Kier alpha value is -3.42. The van der Waals surface area contributed by atoms with Crippen molar-refractivity contribution in [3.05, 3.63) is 48.5 Å². The molecule has 2 rings (SSSR count). The molecule has 30 heavy (non-hydrogen) atoms. The Kier molecular flexibility index (Phi) is 10.0. The molecule has 8 nitrogen and oxygen atoms in total. The van der Waals surface area contributed by atoms with Crippen LogP contribution >= 0.6 is 0 Å². The fourth-order valence-electron chi connectivity index (χ4n) is 1.99. The third kappa shape index (κ3) is 11.4. The van der Waals surface area contributed by atoms with Gasteiger partial charge in [-0.25, -0.2) is 9.59 Å². The Balaban J connectivity index is 0.000000303. The predicted molar refractivity (Wildman–Crippen MR) is 115 cm³/mol. The first-order chi connectivity index (χ1) is 14.1. The van der Waals surface area contributed by atoms with Gasteiger partial charge in [-0.15, -0.1) is 0 Å². The maximum absolute atomic E-state index is 11.3. The molecule has 0 aliphatic rings. The van der Waals surface area contributed by atoms with Crippen molar-refractivity contribution in [1.82, 2.24) is 0 Å². The van der Waals surface area contributed by atoms with E-state index >= 15 is 0 Å². The summed E-state index contributed by atoms with van der Waals surface area (Å²) in [6.45, 7) is 7.39. The van der Waals surface area contributed by atoms with Gasteiger partial charge in [0.2, 0.25) is 0 Å². The molecule has 0 aliphatic heterocycles. The average Bonchev–Trinajstić information content (AvgIpc) is 2.67. The molecule has 0 radical (unpaired) electrons.